The Kier molecular flexibility index (Phi) is 4.56. The second-order valence-electron chi connectivity index (χ2n) is 6.32. The van der Waals surface area contributed by atoms with E-state index in [1.54, 1.807) is 13.0 Å². The van der Waals surface area contributed by atoms with Crippen LogP contribution in [0.25, 0.3) is 0 Å². The molecular formula is C18H23FO4. The zero-order valence-electron chi connectivity index (χ0n) is 13.8. The van der Waals surface area contributed by atoms with Gasteiger partial charge in [0.05, 0.1) is 6.61 Å². The van der Waals surface area contributed by atoms with Crippen LogP contribution in [0.15, 0.2) is 30.9 Å². The zero-order valence-corrected chi connectivity index (χ0v) is 13.8. The number of hydrogen-bond donors (Lipinski definition) is 0. The number of ether oxygens (including phenoxy) is 4. The van der Waals surface area contributed by atoms with Crippen molar-refractivity contribution in [3.63, 3.8) is 0 Å². The van der Waals surface area contributed by atoms with Gasteiger partial charge in [0, 0.05) is 0 Å². The minimum absolute atomic E-state index is 0.335. The predicted molar refractivity (Wildman–Crippen MR) is 83.7 cm³/mol. The summed E-state index contributed by atoms with van der Waals surface area (Å²) < 4.78 is 36.2. The van der Waals surface area contributed by atoms with Crippen molar-refractivity contribution in [2.45, 2.75) is 57.8 Å². The van der Waals surface area contributed by atoms with Gasteiger partial charge in [0.25, 0.3) is 0 Å². The lowest BCUT2D eigenvalue weighted by atomic mass is 10.0. The predicted octanol–water partition coefficient (Wildman–Crippen LogP) is 3.20. The van der Waals surface area contributed by atoms with E-state index in [1.165, 1.54) is 11.1 Å². The maximum absolute atomic E-state index is 13.1. The molecule has 0 aromatic heterocycles. The Bertz CT molecular complexity index is 570. The standard InChI is InChI=1S/C18H23FO4/c1-5-14-15(16-17(21-14)23-18(4,10-19)22-16)20-9-13-11(2)7-6-8-12(13)3/h5-8,14-17H,1,9-10H2,2-4H3/t14-,15+,16-,17-,18?/m1/s1. The summed E-state index contributed by atoms with van der Waals surface area (Å²) in [5.41, 5.74) is 3.49. The number of alkyl halides is 1. The second kappa shape index (κ2) is 6.32. The molecule has 4 nitrogen and oxygen atoms in total. The fraction of sp³-hybridized carbons (Fsp3) is 0.556. The van der Waals surface area contributed by atoms with E-state index in [4.69, 9.17) is 18.9 Å². The van der Waals surface area contributed by atoms with Gasteiger partial charge in [0.15, 0.2) is 12.1 Å². The van der Waals surface area contributed by atoms with Crippen molar-refractivity contribution in [2.24, 2.45) is 0 Å². The minimum atomic E-state index is -1.26. The first-order valence-electron chi connectivity index (χ1n) is 7.84. The first kappa shape index (κ1) is 16.6. The molecule has 0 radical (unpaired) electrons. The van der Waals surface area contributed by atoms with Crippen molar-refractivity contribution in [2.75, 3.05) is 6.67 Å². The Morgan fingerprint density at radius 2 is 2.00 bits per heavy atom. The smallest absolute Gasteiger partial charge is 0.197 e. The van der Waals surface area contributed by atoms with Crippen LogP contribution in [0.1, 0.15) is 23.6 Å². The molecule has 2 fully saturated rings. The van der Waals surface area contributed by atoms with Crippen LogP contribution in [-0.4, -0.2) is 37.1 Å². The lowest BCUT2D eigenvalue weighted by Crippen LogP contribution is -2.38. The molecule has 0 spiro atoms. The molecule has 1 unspecified atom stereocenters. The summed E-state index contributed by atoms with van der Waals surface area (Å²) in [7, 11) is 0. The third kappa shape index (κ3) is 3.06. The van der Waals surface area contributed by atoms with Crippen molar-refractivity contribution in [3.05, 3.63) is 47.5 Å². The molecule has 0 amide bonds. The molecular weight excluding hydrogens is 299 g/mol. The fourth-order valence-electron chi connectivity index (χ4n) is 3.13. The Balaban J connectivity index is 1.74. The van der Waals surface area contributed by atoms with E-state index in [1.807, 2.05) is 6.07 Å². The van der Waals surface area contributed by atoms with Gasteiger partial charge in [0.2, 0.25) is 0 Å². The number of aryl methyl sites for hydroxylation is 2. The number of halogens is 1. The van der Waals surface area contributed by atoms with Gasteiger partial charge < -0.3 is 18.9 Å². The third-order valence-corrected chi connectivity index (χ3v) is 4.50. The van der Waals surface area contributed by atoms with Crippen LogP contribution in [0.5, 0.6) is 0 Å². The topological polar surface area (TPSA) is 36.9 Å². The first-order valence-corrected chi connectivity index (χ1v) is 7.84. The summed E-state index contributed by atoms with van der Waals surface area (Å²) in [4.78, 5) is 0. The average Bonchev–Trinajstić information content (AvgIpc) is 3.01. The molecule has 2 heterocycles. The molecule has 2 aliphatic heterocycles. The van der Waals surface area contributed by atoms with Gasteiger partial charge in [-0.05, 0) is 37.5 Å². The summed E-state index contributed by atoms with van der Waals surface area (Å²) in [5, 5.41) is 0. The van der Waals surface area contributed by atoms with Crippen LogP contribution in [0.3, 0.4) is 0 Å². The molecule has 23 heavy (non-hydrogen) atoms. The van der Waals surface area contributed by atoms with Gasteiger partial charge in [0.1, 0.15) is 25.0 Å². The van der Waals surface area contributed by atoms with Crippen LogP contribution >= 0.6 is 0 Å². The van der Waals surface area contributed by atoms with Gasteiger partial charge in [-0.3, -0.25) is 0 Å². The van der Waals surface area contributed by atoms with Gasteiger partial charge in [-0.25, -0.2) is 4.39 Å². The van der Waals surface area contributed by atoms with Gasteiger partial charge in [-0.15, -0.1) is 6.58 Å². The molecule has 2 saturated heterocycles. The summed E-state index contributed by atoms with van der Waals surface area (Å²) in [5.74, 6) is -1.26. The molecule has 3 rings (SSSR count). The first-order chi connectivity index (χ1) is 11.0. The van der Waals surface area contributed by atoms with E-state index < -0.39 is 24.9 Å². The van der Waals surface area contributed by atoms with Gasteiger partial charge >= 0.3 is 0 Å². The fourth-order valence-corrected chi connectivity index (χ4v) is 3.13. The Hall–Kier alpha value is -1.27. The Labute approximate surface area is 136 Å². The Morgan fingerprint density at radius 1 is 1.30 bits per heavy atom. The average molecular weight is 322 g/mol. The van der Waals surface area contributed by atoms with Crippen molar-refractivity contribution in [1.82, 2.24) is 0 Å². The van der Waals surface area contributed by atoms with Crippen LogP contribution in [0.2, 0.25) is 0 Å². The molecule has 0 aliphatic carbocycles. The van der Waals surface area contributed by atoms with E-state index in [0.717, 1.165) is 5.56 Å². The molecule has 5 atom stereocenters. The monoisotopic (exact) mass is 322 g/mol. The molecule has 0 N–H and O–H groups in total. The van der Waals surface area contributed by atoms with Crippen LogP contribution < -0.4 is 0 Å². The van der Waals surface area contributed by atoms with E-state index in [2.05, 4.69) is 32.6 Å². The van der Waals surface area contributed by atoms with E-state index in [9.17, 15) is 4.39 Å². The summed E-state index contributed by atoms with van der Waals surface area (Å²) >= 11 is 0. The molecule has 1 aromatic carbocycles. The minimum Gasteiger partial charge on any atom is -0.368 e. The SMILES string of the molecule is C=C[C@H]1O[C@@H]2OC(C)(CF)O[C@@H]2[C@H]1OCc1c(C)cccc1C. The number of benzene rings is 1. The normalized spacial score (nSPS) is 36.2. The summed E-state index contributed by atoms with van der Waals surface area (Å²) in [6.45, 7) is 9.17. The molecule has 5 heteroatoms. The number of rotatable bonds is 5. The highest BCUT2D eigenvalue weighted by Crippen LogP contribution is 2.39. The molecule has 126 valence electrons. The summed E-state index contributed by atoms with van der Waals surface area (Å²) in [6, 6.07) is 6.13. The largest absolute Gasteiger partial charge is 0.368 e. The van der Waals surface area contributed by atoms with Gasteiger partial charge in [-0.2, -0.15) is 0 Å². The Morgan fingerprint density at radius 3 is 2.61 bits per heavy atom. The highest BCUT2D eigenvalue weighted by atomic mass is 19.1. The number of hydrogen-bond acceptors (Lipinski definition) is 4. The second-order valence-corrected chi connectivity index (χ2v) is 6.32. The highest BCUT2D eigenvalue weighted by Gasteiger charge is 2.56. The van der Waals surface area contributed by atoms with E-state index in [-0.39, 0.29) is 12.2 Å². The molecule has 2 aliphatic rings. The van der Waals surface area contributed by atoms with Gasteiger partial charge in [-0.1, -0.05) is 24.3 Å². The highest BCUT2D eigenvalue weighted by molar-refractivity contribution is 5.32. The summed E-state index contributed by atoms with van der Waals surface area (Å²) in [6.07, 6.45) is -0.110. The van der Waals surface area contributed by atoms with Crippen molar-refractivity contribution in [3.8, 4) is 0 Å². The third-order valence-electron chi connectivity index (χ3n) is 4.50. The van der Waals surface area contributed by atoms with E-state index in [0.29, 0.717) is 6.61 Å². The van der Waals surface area contributed by atoms with Crippen molar-refractivity contribution >= 4 is 0 Å². The van der Waals surface area contributed by atoms with E-state index >= 15 is 0 Å². The van der Waals surface area contributed by atoms with Crippen molar-refractivity contribution < 1.29 is 23.3 Å². The number of fused-ring (bicyclic) bond motifs is 1. The maximum Gasteiger partial charge on any atom is 0.197 e. The van der Waals surface area contributed by atoms with Crippen molar-refractivity contribution in [1.29, 1.82) is 0 Å². The molecule has 0 bridgehead atoms. The lowest BCUT2D eigenvalue weighted by molar-refractivity contribution is -0.228. The molecule has 1 aromatic rings. The van der Waals surface area contributed by atoms with Crippen LogP contribution in [0.4, 0.5) is 4.39 Å². The maximum atomic E-state index is 13.1. The van der Waals surface area contributed by atoms with Crippen LogP contribution in [-0.2, 0) is 25.6 Å². The molecule has 0 saturated carbocycles. The van der Waals surface area contributed by atoms with Crippen LogP contribution in [0, 0.1) is 13.8 Å². The quantitative estimate of drug-likeness (QED) is 0.780. The lowest BCUT2D eigenvalue weighted by Gasteiger charge is -2.25. The zero-order chi connectivity index (χ0) is 16.6.